The van der Waals surface area contributed by atoms with E-state index in [1.807, 2.05) is 0 Å². The molecule has 1 heterocycles. The largest absolute Gasteiger partial charge is 0.481 e. The lowest BCUT2D eigenvalue weighted by Crippen LogP contribution is -2.30. The molecule has 3 rings (SSSR count). The molecule has 140 valence electrons. The molecular formula is C19H19N3O4S. The first-order valence-electron chi connectivity index (χ1n) is 8.65. The normalized spacial score (nSPS) is 16.7. The third kappa shape index (κ3) is 4.09. The van der Waals surface area contributed by atoms with E-state index in [4.69, 9.17) is 4.74 Å². The van der Waals surface area contributed by atoms with Gasteiger partial charge < -0.3 is 10.1 Å². The van der Waals surface area contributed by atoms with Gasteiger partial charge in [-0.3, -0.25) is 14.9 Å². The van der Waals surface area contributed by atoms with Gasteiger partial charge in [0.1, 0.15) is 16.8 Å². The van der Waals surface area contributed by atoms with Crippen molar-refractivity contribution in [3.63, 3.8) is 0 Å². The number of carbonyl (C=O) groups is 1. The highest BCUT2D eigenvalue weighted by molar-refractivity contribution is 7.16. The highest BCUT2D eigenvalue weighted by Crippen LogP contribution is 2.39. The highest BCUT2D eigenvalue weighted by Gasteiger charge is 2.26. The number of nitrogens with one attached hydrogen (secondary N) is 1. The molecule has 1 aromatic heterocycles. The summed E-state index contributed by atoms with van der Waals surface area (Å²) in [4.78, 5) is 23.8. The Morgan fingerprint density at radius 1 is 1.44 bits per heavy atom. The van der Waals surface area contributed by atoms with Gasteiger partial charge >= 0.3 is 0 Å². The molecule has 0 saturated heterocycles. The summed E-state index contributed by atoms with van der Waals surface area (Å²) in [5.74, 6) is 0.579. The van der Waals surface area contributed by atoms with E-state index in [0.717, 1.165) is 24.8 Å². The molecule has 8 heteroatoms. The van der Waals surface area contributed by atoms with E-state index in [-0.39, 0.29) is 11.6 Å². The van der Waals surface area contributed by atoms with Crippen LogP contribution in [0.25, 0.3) is 0 Å². The Morgan fingerprint density at radius 3 is 2.78 bits per heavy atom. The minimum absolute atomic E-state index is 0.0449. The molecule has 0 fully saturated rings. The van der Waals surface area contributed by atoms with Gasteiger partial charge in [-0.15, -0.1) is 11.3 Å². The molecule has 27 heavy (non-hydrogen) atoms. The summed E-state index contributed by atoms with van der Waals surface area (Å²) in [6.07, 6.45) is 2.03. The SMILES string of the molecule is C[C@@H]1CCc2c(sc(NC(=O)[C@H](C)Oc3ccc([N+](=O)[O-])cc3)c2C#N)C1. The molecule has 0 bridgehead atoms. The monoisotopic (exact) mass is 385 g/mol. The van der Waals surface area contributed by atoms with Crippen molar-refractivity contribution < 1.29 is 14.5 Å². The lowest BCUT2D eigenvalue weighted by atomic mass is 9.88. The number of amides is 1. The number of nitrogens with zero attached hydrogens (tertiary/aromatic N) is 2. The third-order valence-corrected chi connectivity index (χ3v) is 5.76. The summed E-state index contributed by atoms with van der Waals surface area (Å²) >= 11 is 1.46. The Labute approximate surface area is 160 Å². The van der Waals surface area contributed by atoms with Crippen LogP contribution in [0, 0.1) is 27.4 Å². The number of rotatable bonds is 5. The molecule has 7 nitrogen and oxygen atoms in total. The van der Waals surface area contributed by atoms with Gasteiger partial charge in [0.2, 0.25) is 0 Å². The number of benzene rings is 1. The molecule has 1 aromatic carbocycles. The van der Waals surface area contributed by atoms with Crippen LogP contribution in [0.15, 0.2) is 24.3 Å². The third-order valence-electron chi connectivity index (χ3n) is 4.59. The highest BCUT2D eigenvalue weighted by atomic mass is 32.1. The number of non-ortho nitro benzene ring substituents is 1. The van der Waals surface area contributed by atoms with Gasteiger partial charge in [-0.2, -0.15) is 5.26 Å². The predicted octanol–water partition coefficient (Wildman–Crippen LogP) is 4.06. The summed E-state index contributed by atoms with van der Waals surface area (Å²) in [7, 11) is 0. The van der Waals surface area contributed by atoms with E-state index in [0.29, 0.717) is 22.2 Å². The number of anilines is 1. The fraction of sp³-hybridized carbons (Fsp3) is 0.368. The Balaban J connectivity index is 1.70. The van der Waals surface area contributed by atoms with Crippen molar-refractivity contribution in [3.05, 3.63) is 50.4 Å². The second-order valence-electron chi connectivity index (χ2n) is 6.67. The molecular weight excluding hydrogens is 366 g/mol. The number of fused-ring (bicyclic) bond motifs is 1. The quantitative estimate of drug-likeness (QED) is 0.617. The van der Waals surface area contributed by atoms with Crippen LogP contribution < -0.4 is 10.1 Å². The molecule has 2 atom stereocenters. The standard InChI is InChI=1S/C19H19N3O4S/c1-11-3-8-15-16(10-20)19(27-17(15)9-11)21-18(23)12(2)26-14-6-4-13(5-7-14)22(24)25/h4-7,11-12H,3,8-9H2,1-2H3,(H,21,23)/t11-,12+/m1/s1. The van der Waals surface area contributed by atoms with Crippen molar-refractivity contribution in [3.8, 4) is 11.8 Å². The molecule has 0 aliphatic heterocycles. The second kappa shape index (κ2) is 7.76. The maximum atomic E-state index is 12.5. The van der Waals surface area contributed by atoms with Gasteiger partial charge in [0, 0.05) is 17.0 Å². The van der Waals surface area contributed by atoms with Gasteiger partial charge in [-0.25, -0.2) is 0 Å². The fourth-order valence-corrected chi connectivity index (χ4v) is 4.44. The molecule has 1 N–H and O–H groups in total. The van der Waals surface area contributed by atoms with Gasteiger partial charge in [0.15, 0.2) is 6.10 Å². The number of nitro benzene ring substituents is 1. The van der Waals surface area contributed by atoms with Crippen molar-refractivity contribution >= 4 is 27.9 Å². The Kier molecular flexibility index (Phi) is 5.42. The van der Waals surface area contributed by atoms with Crippen LogP contribution in [-0.4, -0.2) is 16.9 Å². The zero-order chi connectivity index (χ0) is 19.6. The van der Waals surface area contributed by atoms with Gasteiger partial charge in [-0.05, 0) is 49.8 Å². The first-order chi connectivity index (χ1) is 12.9. The maximum absolute atomic E-state index is 12.5. The summed E-state index contributed by atoms with van der Waals surface area (Å²) in [5.41, 5.74) is 1.56. The lowest BCUT2D eigenvalue weighted by molar-refractivity contribution is -0.384. The fourth-order valence-electron chi connectivity index (χ4n) is 3.07. The first-order valence-corrected chi connectivity index (χ1v) is 9.47. The summed E-state index contributed by atoms with van der Waals surface area (Å²) < 4.78 is 5.56. The van der Waals surface area contributed by atoms with E-state index in [9.17, 15) is 20.2 Å². The topological polar surface area (TPSA) is 105 Å². The zero-order valence-corrected chi connectivity index (χ0v) is 15.8. The van der Waals surface area contributed by atoms with Crippen molar-refractivity contribution in [2.75, 3.05) is 5.32 Å². The van der Waals surface area contributed by atoms with Crippen LogP contribution in [0.3, 0.4) is 0 Å². The van der Waals surface area contributed by atoms with Crippen LogP contribution in [0.2, 0.25) is 0 Å². The van der Waals surface area contributed by atoms with Gasteiger partial charge in [-0.1, -0.05) is 6.92 Å². The molecule has 0 spiro atoms. The first kappa shape index (κ1) is 18.9. The minimum atomic E-state index is -0.809. The number of hydrogen-bond acceptors (Lipinski definition) is 6. The summed E-state index contributed by atoms with van der Waals surface area (Å²) in [5, 5.41) is 23.6. The van der Waals surface area contributed by atoms with E-state index in [1.54, 1.807) is 6.92 Å². The maximum Gasteiger partial charge on any atom is 0.269 e. The van der Waals surface area contributed by atoms with E-state index in [1.165, 1.54) is 40.5 Å². The number of thiophene rings is 1. The van der Waals surface area contributed by atoms with Crippen molar-refractivity contribution in [1.82, 2.24) is 0 Å². The number of hydrogen-bond donors (Lipinski definition) is 1. The molecule has 1 aliphatic carbocycles. The minimum Gasteiger partial charge on any atom is -0.481 e. The van der Waals surface area contributed by atoms with Crippen LogP contribution in [0.5, 0.6) is 5.75 Å². The van der Waals surface area contributed by atoms with Gasteiger partial charge in [0.25, 0.3) is 11.6 Å². The Hall–Kier alpha value is -2.92. The Morgan fingerprint density at radius 2 is 2.15 bits per heavy atom. The number of nitro groups is 1. The number of nitriles is 1. The summed E-state index contributed by atoms with van der Waals surface area (Å²) in [6.45, 7) is 3.78. The lowest BCUT2D eigenvalue weighted by Gasteiger charge is -2.17. The molecule has 1 aliphatic rings. The molecule has 0 radical (unpaired) electrons. The van der Waals surface area contributed by atoms with Crippen LogP contribution in [-0.2, 0) is 17.6 Å². The van der Waals surface area contributed by atoms with E-state index < -0.39 is 11.0 Å². The average Bonchev–Trinajstić information content (AvgIpc) is 2.97. The van der Waals surface area contributed by atoms with Crippen molar-refractivity contribution in [1.29, 1.82) is 5.26 Å². The second-order valence-corrected chi connectivity index (χ2v) is 7.77. The zero-order valence-electron chi connectivity index (χ0n) is 15.0. The van der Waals surface area contributed by atoms with Gasteiger partial charge in [0.05, 0.1) is 10.5 Å². The van der Waals surface area contributed by atoms with E-state index in [2.05, 4.69) is 18.3 Å². The van der Waals surface area contributed by atoms with Crippen LogP contribution in [0.4, 0.5) is 10.7 Å². The summed E-state index contributed by atoms with van der Waals surface area (Å²) in [6, 6.07) is 7.77. The van der Waals surface area contributed by atoms with Crippen molar-refractivity contribution in [2.24, 2.45) is 5.92 Å². The van der Waals surface area contributed by atoms with E-state index >= 15 is 0 Å². The molecule has 0 unspecified atom stereocenters. The molecule has 2 aromatic rings. The van der Waals surface area contributed by atoms with Crippen molar-refractivity contribution in [2.45, 2.75) is 39.2 Å². The average molecular weight is 385 g/mol. The molecule has 1 amide bonds. The smallest absolute Gasteiger partial charge is 0.269 e. The molecule has 0 saturated carbocycles. The van der Waals surface area contributed by atoms with Crippen LogP contribution >= 0.6 is 11.3 Å². The predicted molar refractivity (Wildman–Crippen MR) is 102 cm³/mol. The number of carbonyl (C=O) groups excluding carboxylic acids is 1. The number of ether oxygens (including phenoxy) is 1. The Bertz CT molecular complexity index is 914. The van der Waals surface area contributed by atoms with Crippen LogP contribution in [0.1, 0.15) is 36.3 Å².